The summed E-state index contributed by atoms with van der Waals surface area (Å²) < 4.78 is 5.24. The number of aliphatic imine (C=N–C) groups is 1. The number of hydrogen-bond donors (Lipinski definition) is 1. The molecule has 0 spiro atoms. The molecule has 31 heavy (non-hydrogen) atoms. The zero-order chi connectivity index (χ0) is 22.1. The second-order valence-electron chi connectivity index (χ2n) is 8.91. The molecule has 2 aliphatic rings. The van der Waals surface area contributed by atoms with Gasteiger partial charge in [-0.05, 0) is 62.4 Å². The van der Waals surface area contributed by atoms with Crippen LogP contribution in [-0.4, -0.2) is 93.6 Å². The van der Waals surface area contributed by atoms with Gasteiger partial charge in [-0.1, -0.05) is 18.6 Å². The van der Waals surface area contributed by atoms with E-state index in [0.717, 1.165) is 37.8 Å². The van der Waals surface area contributed by atoms with Gasteiger partial charge in [-0.15, -0.1) is 0 Å². The number of piperidine rings is 1. The number of ether oxygens (including phenoxy) is 1. The van der Waals surface area contributed by atoms with Crippen LogP contribution in [0.25, 0.3) is 0 Å². The van der Waals surface area contributed by atoms with Crippen LogP contribution in [0.5, 0.6) is 5.75 Å². The van der Waals surface area contributed by atoms with Gasteiger partial charge in [-0.25, -0.2) is 4.99 Å². The molecule has 1 aromatic carbocycles. The van der Waals surface area contributed by atoms with Gasteiger partial charge in [0.25, 0.3) is 0 Å². The van der Waals surface area contributed by atoms with E-state index in [0.29, 0.717) is 5.92 Å². The third-order valence-electron chi connectivity index (χ3n) is 6.27. The molecule has 1 N–H and O–H groups in total. The molecule has 7 heteroatoms. The first-order valence-corrected chi connectivity index (χ1v) is 11.6. The largest absolute Gasteiger partial charge is 0.497 e. The van der Waals surface area contributed by atoms with Crippen molar-refractivity contribution in [1.82, 2.24) is 20.0 Å². The smallest absolute Gasteiger partial charge is 0.243 e. The van der Waals surface area contributed by atoms with E-state index >= 15 is 0 Å². The van der Waals surface area contributed by atoms with Gasteiger partial charge < -0.3 is 24.8 Å². The van der Waals surface area contributed by atoms with E-state index in [1.807, 2.05) is 12.1 Å². The van der Waals surface area contributed by atoms with Crippen LogP contribution >= 0.6 is 0 Å². The van der Waals surface area contributed by atoms with Gasteiger partial charge >= 0.3 is 0 Å². The number of carbonyl (C=O) groups excluding carboxylic acids is 1. The van der Waals surface area contributed by atoms with Crippen molar-refractivity contribution in [3.8, 4) is 5.75 Å². The fourth-order valence-electron chi connectivity index (χ4n) is 4.34. The minimum Gasteiger partial charge on any atom is -0.497 e. The van der Waals surface area contributed by atoms with Crippen molar-refractivity contribution >= 4 is 11.9 Å². The molecule has 172 valence electrons. The van der Waals surface area contributed by atoms with Crippen LogP contribution in [-0.2, 0) is 11.2 Å². The Labute approximate surface area is 187 Å². The third kappa shape index (κ3) is 7.42. The molecular weight excluding hydrogens is 390 g/mol. The number of hydrogen-bond acceptors (Lipinski definition) is 4. The van der Waals surface area contributed by atoms with E-state index in [1.165, 1.54) is 50.9 Å². The fourth-order valence-corrected chi connectivity index (χ4v) is 4.34. The number of likely N-dealkylation sites (N-methyl/N-ethyl adjacent to an activating group) is 1. The van der Waals surface area contributed by atoms with Gasteiger partial charge in [-0.2, -0.15) is 0 Å². The van der Waals surface area contributed by atoms with Crippen molar-refractivity contribution in [3.63, 3.8) is 0 Å². The van der Waals surface area contributed by atoms with Crippen LogP contribution < -0.4 is 10.1 Å². The molecule has 0 aliphatic carbocycles. The van der Waals surface area contributed by atoms with Crippen molar-refractivity contribution < 1.29 is 9.53 Å². The standard InChI is InChI=1S/C24H39N5O2/c1-27(2)23(30)17-26-24(25-13-11-20-7-9-22(31-3)10-8-20)29-16-12-21(19-29)18-28-14-5-4-6-15-28/h7-10,21H,4-6,11-19H2,1-3H3,(H,25,26). The number of carbonyl (C=O) groups is 1. The number of methoxy groups -OCH3 is 1. The number of rotatable bonds is 8. The van der Waals surface area contributed by atoms with Gasteiger partial charge in [0.05, 0.1) is 7.11 Å². The number of likely N-dealkylation sites (tertiary alicyclic amines) is 2. The summed E-state index contributed by atoms with van der Waals surface area (Å²) in [5, 5.41) is 3.52. The zero-order valence-corrected chi connectivity index (χ0v) is 19.5. The maximum absolute atomic E-state index is 12.1. The predicted octanol–water partition coefficient (Wildman–Crippen LogP) is 2.08. The topological polar surface area (TPSA) is 60.4 Å². The molecule has 1 unspecified atom stereocenters. The Kier molecular flexibility index (Phi) is 9.00. The summed E-state index contributed by atoms with van der Waals surface area (Å²) in [6, 6.07) is 8.17. The monoisotopic (exact) mass is 429 g/mol. The van der Waals surface area contributed by atoms with Gasteiger partial charge in [0.2, 0.25) is 5.91 Å². The number of nitrogens with zero attached hydrogens (tertiary/aromatic N) is 4. The summed E-state index contributed by atoms with van der Waals surface area (Å²) in [4.78, 5) is 23.3. The minimum absolute atomic E-state index is 0.0264. The lowest BCUT2D eigenvalue weighted by atomic mass is 10.1. The van der Waals surface area contributed by atoms with Crippen LogP contribution in [0.3, 0.4) is 0 Å². The van der Waals surface area contributed by atoms with Crippen LogP contribution in [0.1, 0.15) is 31.2 Å². The minimum atomic E-state index is 0.0264. The van der Waals surface area contributed by atoms with Gasteiger partial charge in [0.15, 0.2) is 5.96 Å². The molecule has 7 nitrogen and oxygen atoms in total. The second-order valence-corrected chi connectivity index (χ2v) is 8.91. The second kappa shape index (κ2) is 11.9. The van der Waals surface area contributed by atoms with Crippen LogP contribution in [0.15, 0.2) is 29.3 Å². The van der Waals surface area contributed by atoms with Crippen LogP contribution in [0.2, 0.25) is 0 Å². The van der Waals surface area contributed by atoms with Gasteiger partial charge in [0, 0.05) is 40.3 Å². The normalized spacial score (nSPS) is 20.0. The molecule has 2 aliphatic heterocycles. The van der Waals surface area contributed by atoms with E-state index in [-0.39, 0.29) is 12.5 Å². The highest BCUT2D eigenvalue weighted by Gasteiger charge is 2.27. The molecule has 3 rings (SSSR count). The first-order chi connectivity index (χ1) is 15.0. The highest BCUT2D eigenvalue weighted by atomic mass is 16.5. The van der Waals surface area contributed by atoms with Crippen molar-refractivity contribution in [2.75, 3.05) is 67.0 Å². The predicted molar refractivity (Wildman–Crippen MR) is 126 cm³/mol. The van der Waals surface area contributed by atoms with Gasteiger partial charge in [0.1, 0.15) is 12.3 Å². The van der Waals surface area contributed by atoms with Crippen LogP contribution in [0.4, 0.5) is 0 Å². The van der Waals surface area contributed by atoms with Gasteiger partial charge in [-0.3, -0.25) is 4.79 Å². The van der Waals surface area contributed by atoms with E-state index in [4.69, 9.17) is 4.74 Å². The first kappa shape index (κ1) is 23.4. The molecule has 0 radical (unpaired) electrons. The highest BCUT2D eigenvalue weighted by molar-refractivity contribution is 5.85. The van der Waals surface area contributed by atoms with E-state index < -0.39 is 0 Å². The van der Waals surface area contributed by atoms with Crippen molar-refractivity contribution in [3.05, 3.63) is 29.8 Å². The average molecular weight is 430 g/mol. The Morgan fingerprint density at radius 3 is 2.58 bits per heavy atom. The zero-order valence-electron chi connectivity index (χ0n) is 19.5. The lowest BCUT2D eigenvalue weighted by molar-refractivity contribution is -0.127. The SMILES string of the molecule is COc1ccc(CCNC(=NCC(=O)N(C)C)N2CCC(CN3CCCCC3)C2)cc1. The molecule has 1 aromatic rings. The third-order valence-corrected chi connectivity index (χ3v) is 6.27. The summed E-state index contributed by atoms with van der Waals surface area (Å²) in [6.45, 7) is 6.67. The molecule has 2 heterocycles. The van der Waals surface area contributed by atoms with Crippen molar-refractivity contribution in [2.24, 2.45) is 10.9 Å². The summed E-state index contributed by atoms with van der Waals surface area (Å²) >= 11 is 0. The maximum Gasteiger partial charge on any atom is 0.243 e. The average Bonchev–Trinajstić information content (AvgIpc) is 3.25. The molecule has 0 bridgehead atoms. The molecule has 0 saturated carbocycles. The summed E-state index contributed by atoms with van der Waals surface area (Å²) in [7, 11) is 5.24. The lowest BCUT2D eigenvalue weighted by Crippen LogP contribution is -2.42. The Hall–Kier alpha value is -2.28. The molecule has 1 amide bonds. The number of nitrogens with one attached hydrogen (secondary N) is 1. The molecule has 1 atom stereocenters. The van der Waals surface area contributed by atoms with E-state index in [2.05, 4.69) is 32.2 Å². The number of amides is 1. The number of benzene rings is 1. The van der Waals surface area contributed by atoms with E-state index in [9.17, 15) is 4.79 Å². The quantitative estimate of drug-likeness (QED) is 0.506. The van der Waals surface area contributed by atoms with Crippen molar-refractivity contribution in [2.45, 2.75) is 32.1 Å². The maximum atomic E-state index is 12.1. The lowest BCUT2D eigenvalue weighted by Gasteiger charge is -2.29. The highest BCUT2D eigenvalue weighted by Crippen LogP contribution is 2.20. The van der Waals surface area contributed by atoms with Crippen LogP contribution in [0, 0.1) is 5.92 Å². The summed E-state index contributed by atoms with van der Waals surface area (Å²) in [6.07, 6.45) is 6.14. The Morgan fingerprint density at radius 1 is 1.16 bits per heavy atom. The molecular formula is C24H39N5O2. The molecule has 2 saturated heterocycles. The Bertz CT molecular complexity index is 713. The van der Waals surface area contributed by atoms with Crippen molar-refractivity contribution in [1.29, 1.82) is 0 Å². The van der Waals surface area contributed by atoms with E-state index in [1.54, 1.807) is 26.1 Å². The summed E-state index contributed by atoms with van der Waals surface area (Å²) in [5.41, 5.74) is 1.25. The Balaban J connectivity index is 1.55. The molecule has 0 aromatic heterocycles. The number of guanidine groups is 1. The molecule has 2 fully saturated rings. The summed E-state index contributed by atoms with van der Waals surface area (Å²) in [5.74, 6) is 2.44. The fraction of sp³-hybridized carbons (Fsp3) is 0.667. The first-order valence-electron chi connectivity index (χ1n) is 11.6. The Morgan fingerprint density at radius 2 is 1.90 bits per heavy atom.